The number of nitrogens with one attached hydrogen (secondary N) is 1. The zero-order valence-corrected chi connectivity index (χ0v) is 14.0. The van der Waals surface area contributed by atoms with Crippen molar-refractivity contribution in [1.82, 2.24) is 15.1 Å². The van der Waals surface area contributed by atoms with Crippen molar-refractivity contribution in [3.63, 3.8) is 0 Å². The second-order valence-corrected chi connectivity index (χ2v) is 6.40. The van der Waals surface area contributed by atoms with Gasteiger partial charge < -0.3 is 10.1 Å². The molecule has 23 heavy (non-hydrogen) atoms. The molecule has 3 rings (SSSR count). The Labute approximate surface area is 137 Å². The van der Waals surface area contributed by atoms with Gasteiger partial charge in [-0.1, -0.05) is 0 Å². The molecule has 0 spiro atoms. The molecule has 5 heteroatoms. The summed E-state index contributed by atoms with van der Waals surface area (Å²) in [6.45, 7) is 5.76. The minimum absolute atomic E-state index is 0.189. The van der Waals surface area contributed by atoms with E-state index in [0.717, 1.165) is 48.1 Å². The molecule has 1 aliphatic heterocycles. The summed E-state index contributed by atoms with van der Waals surface area (Å²) >= 11 is 0. The fourth-order valence-electron chi connectivity index (χ4n) is 3.32. The zero-order chi connectivity index (χ0) is 16.2. The lowest BCUT2D eigenvalue weighted by molar-refractivity contribution is 0.0963. The van der Waals surface area contributed by atoms with Crippen LogP contribution in [0.5, 0.6) is 0 Å². The number of Topliss-reactive ketones (excluding diaryl/α,β-unsaturated/α-hetero) is 1. The van der Waals surface area contributed by atoms with Crippen LogP contribution in [0.25, 0.3) is 10.9 Å². The third-order valence-electron chi connectivity index (χ3n) is 4.67. The molecule has 0 unspecified atom stereocenters. The number of hydrogen-bond donors (Lipinski definition) is 1. The van der Waals surface area contributed by atoms with Crippen molar-refractivity contribution in [3.8, 4) is 0 Å². The summed E-state index contributed by atoms with van der Waals surface area (Å²) in [7, 11) is 1.66. The first-order chi connectivity index (χ1) is 11.2. The number of rotatable bonds is 7. The number of carbonyl (C=O) groups is 1. The average Bonchev–Trinajstić information content (AvgIpc) is 3.18. The van der Waals surface area contributed by atoms with Gasteiger partial charge in [0, 0.05) is 43.8 Å². The van der Waals surface area contributed by atoms with E-state index in [1.165, 1.54) is 6.42 Å². The lowest BCUT2D eigenvalue weighted by Crippen LogP contribution is -2.14. The summed E-state index contributed by atoms with van der Waals surface area (Å²) in [5, 5.41) is 9.15. The Morgan fingerprint density at radius 2 is 2.35 bits per heavy atom. The highest BCUT2D eigenvalue weighted by molar-refractivity contribution is 6.01. The van der Waals surface area contributed by atoms with Gasteiger partial charge in [-0.3, -0.25) is 9.48 Å². The van der Waals surface area contributed by atoms with Crippen LogP contribution in [0.1, 0.15) is 35.2 Å². The standard InChI is InChI=1S/C18H25N3O2/c1-13-15(18(22)4-3-9-23-2)5-6-17-16(13)12-21(20-17)11-14-7-8-19-10-14/h5-6,12,14,19H,3-4,7-11H2,1-2H3/t14-/m0/s1. The molecule has 0 amide bonds. The van der Waals surface area contributed by atoms with E-state index in [9.17, 15) is 4.79 Å². The van der Waals surface area contributed by atoms with Gasteiger partial charge in [0.1, 0.15) is 0 Å². The third kappa shape index (κ3) is 3.62. The number of aryl methyl sites for hydroxylation is 1. The quantitative estimate of drug-likeness (QED) is 0.630. The van der Waals surface area contributed by atoms with Gasteiger partial charge in [-0.2, -0.15) is 5.10 Å². The summed E-state index contributed by atoms with van der Waals surface area (Å²) < 4.78 is 7.06. The number of fused-ring (bicyclic) bond motifs is 1. The zero-order valence-electron chi connectivity index (χ0n) is 14.0. The summed E-state index contributed by atoms with van der Waals surface area (Å²) in [6, 6.07) is 3.89. The smallest absolute Gasteiger partial charge is 0.163 e. The van der Waals surface area contributed by atoms with Gasteiger partial charge in [0.05, 0.1) is 5.52 Å². The van der Waals surface area contributed by atoms with Crippen molar-refractivity contribution in [3.05, 3.63) is 29.5 Å². The van der Waals surface area contributed by atoms with Gasteiger partial charge in [0.15, 0.2) is 5.78 Å². The van der Waals surface area contributed by atoms with E-state index in [1.807, 2.05) is 23.7 Å². The average molecular weight is 315 g/mol. The van der Waals surface area contributed by atoms with Crippen molar-refractivity contribution in [2.24, 2.45) is 5.92 Å². The van der Waals surface area contributed by atoms with Crippen molar-refractivity contribution < 1.29 is 9.53 Å². The molecule has 1 fully saturated rings. The fourth-order valence-corrected chi connectivity index (χ4v) is 3.32. The maximum Gasteiger partial charge on any atom is 0.163 e. The number of aromatic nitrogens is 2. The van der Waals surface area contributed by atoms with Gasteiger partial charge in [-0.15, -0.1) is 0 Å². The Balaban J connectivity index is 1.79. The molecule has 124 valence electrons. The van der Waals surface area contributed by atoms with Crippen LogP contribution in [-0.4, -0.2) is 42.4 Å². The molecule has 0 bridgehead atoms. The lowest BCUT2D eigenvalue weighted by atomic mass is 9.99. The molecular weight excluding hydrogens is 290 g/mol. The van der Waals surface area contributed by atoms with E-state index >= 15 is 0 Å². The van der Waals surface area contributed by atoms with Crippen molar-refractivity contribution in [1.29, 1.82) is 0 Å². The van der Waals surface area contributed by atoms with Crippen LogP contribution in [0.3, 0.4) is 0 Å². The molecule has 1 aromatic heterocycles. The van der Waals surface area contributed by atoms with Crippen LogP contribution in [0.15, 0.2) is 18.3 Å². The van der Waals surface area contributed by atoms with Crippen molar-refractivity contribution in [2.75, 3.05) is 26.8 Å². The number of hydrogen-bond acceptors (Lipinski definition) is 4. The Morgan fingerprint density at radius 1 is 1.48 bits per heavy atom. The Kier molecular flexibility index (Phi) is 5.08. The van der Waals surface area contributed by atoms with Gasteiger partial charge in [0.2, 0.25) is 0 Å². The van der Waals surface area contributed by atoms with Crippen LogP contribution >= 0.6 is 0 Å². The summed E-state index contributed by atoms with van der Waals surface area (Å²) in [5.41, 5.74) is 2.83. The lowest BCUT2D eigenvalue weighted by Gasteiger charge is -2.07. The first-order valence-electron chi connectivity index (χ1n) is 8.38. The number of ether oxygens (including phenoxy) is 1. The molecular formula is C18H25N3O2. The normalized spacial score (nSPS) is 17.9. The fraction of sp³-hybridized carbons (Fsp3) is 0.556. The number of nitrogens with zero attached hydrogens (tertiary/aromatic N) is 2. The molecule has 2 heterocycles. The van der Waals surface area contributed by atoms with E-state index in [1.54, 1.807) is 7.11 Å². The topological polar surface area (TPSA) is 56.1 Å². The predicted molar refractivity (Wildman–Crippen MR) is 90.9 cm³/mol. The number of benzene rings is 1. The van der Waals surface area contributed by atoms with Crippen LogP contribution < -0.4 is 5.32 Å². The van der Waals surface area contributed by atoms with Gasteiger partial charge >= 0.3 is 0 Å². The molecule has 1 N–H and O–H groups in total. The largest absolute Gasteiger partial charge is 0.385 e. The molecule has 1 aliphatic rings. The summed E-state index contributed by atoms with van der Waals surface area (Å²) in [5.74, 6) is 0.842. The molecule has 5 nitrogen and oxygen atoms in total. The highest BCUT2D eigenvalue weighted by atomic mass is 16.5. The van der Waals surface area contributed by atoms with E-state index in [0.29, 0.717) is 18.9 Å². The van der Waals surface area contributed by atoms with Gasteiger partial charge in [-0.25, -0.2) is 0 Å². The van der Waals surface area contributed by atoms with Crippen LogP contribution in [-0.2, 0) is 11.3 Å². The first-order valence-corrected chi connectivity index (χ1v) is 8.38. The first kappa shape index (κ1) is 16.1. The molecule has 1 atom stereocenters. The SMILES string of the molecule is COCCCC(=O)c1ccc2nn(C[C@H]3CCNC3)cc2c1C. The minimum atomic E-state index is 0.189. The molecule has 1 saturated heterocycles. The number of carbonyl (C=O) groups excluding carboxylic acids is 1. The molecule has 1 aromatic carbocycles. The van der Waals surface area contributed by atoms with E-state index < -0.39 is 0 Å². The highest BCUT2D eigenvalue weighted by Crippen LogP contribution is 2.23. The highest BCUT2D eigenvalue weighted by Gasteiger charge is 2.17. The Morgan fingerprint density at radius 3 is 3.09 bits per heavy atom. The number of methoxy groups -OCH3 is 1. The predicted octanol–water partition coefficient (Wildman–Crippen LogP) is 2.56. The summed E-state index contributed by atoms with van der Waals surface area (Å²) in [6.07, 6.45) is 4.59. The van der Waals surface area contributed by atoms with Gasteiger partial charge in [0.25, 0.3) is 0 Å². The second-order valence-electron chi connectivity index (χ2n) is 6.40. The molecule has 2 aromatic rings. The van der Waals surface area contributed by atoms with Crippen molar-refractivity contribution in [2.45, 2.75) is 32.7 Å². The van der Waals surface area contributed by atoms with E-state index in [-0.39, 0.29) is 5.78 Å². The second kappa shape index (κ2) is 7.23. The maximum atomic E-state index is 12.4. The van der Waals surface area contributed by atoms with E-state index in [2.05, 4.69) is 16.6 Å². The molecule has 0 aliphatic carbocycles. The van der Waals surface area contributed by atoms with E-state index in [4.69, 9.17) is 4.74 Å². The molecule has 0 saturated carbocycles. The maximum absolute atomic E-state index is 12.4. The number of ketones is 1. The Hall–Kier alpha value is -1.72. The Bertz CT molecular complexity index is 687. The summed E-state index contributed by atoms with van der Waals surface area (Å²) in [4.78, 5) is 12.4. The molecule has 0 radical (unpaired) electrons. The van der Waals surface area contributed by atoms with Crippen LogP contribution in [0.2, 0.25) is 0 Å². The van der Waals surface area contributed by atoms with Gasteiger partial charge in [-0.05, 0) is 56.5 Å². The minimum Gasteiger partial charge on any atom is -0.385 e. The van der Waals surface area contributed by atoms with Crippen LogP contribution in [0.4, 0.5) is 0 Å². The van der Waals surface area contributed by atoms with Crippen molar-refractivity contribution >= 4 is 16.7 Å². The third-order valence-corrected chi connectivity index (χ3v) is 4.67. The monoisotopic (exact) mass is 315 g/mol. The van der Waals surface area contributed by atoms with Crippen LogP contribution in [0, 0.1) is 12.8 Å².